The van der Waals surface area contributed by atoms with Crippen LogP contribution in [0.3, 0.4) is 0 Å². The first kappa shape index (κ1) is 21.0. The maximum Gasteiger partial charge on any atom is 0.272 e. The Morgan fingerprint density at radius 1 is 1.13 bits per heavy atom. The highest BCUT2D eigenvalue weighted by Crippen LogP contribution is 2.45. The quantitative estimate of drug-likeness (QED) is 0.811. The lowest BCUT2D eigenvalue weighted by Crippen LogP contribution is -2.39. The van der Waals surface area contributed by atoms with E-state index < -0.39 is 0 Å². The lowest BCUT2D eigenvalue weighted by molar-refractivity contribution is -0.130. The van der Waals surface area contributed by atoms with Gasteiger partial charge in [0.25, 0.3) is 5.91 Å². The summed E-state index contributed by atoms with van der Waals surface area (Å²) in [5.41, 5.74) is 5.83. The van der Waals surface area contributed by atoms with Gasteiger partial charge in [0.2, 0.25) is 0 Å². The number of methoxy groups -OCH3 is 2. The molecular formula is C24H34N2O4. The molecule has 0 atom stereocenters. The van der Waals surface area contributed by atoms with Crippen LogP contribution in [0.1, 0.15) is 57.6 Å². The van der Waals surface area contributed by atoms with Gasteiger partial charge in [0.05, 0.1) is 14.2 Å². The number of nitrogens with zero attached hydrogens (tertiary/aromatic N) is 1. The summed E-state index contributed by atoms with van der Waals surface area (Å²) in [7, 11) is 3.28. The number of carbonyl (C=O) groups is 1. The first-order valence-electron chi connectivity index (χ1n) is 10.9. The fraction of sp³-hybridized carbons (Fsp3) is 0.625. The summed E-state index contributed by atoms with van der Waals surface area (Å²) in [6, 6.07) is 4.00. The lowest BCUT2D eigenvalue weighted by atomic mass is 9.68. The lowest BCUT2D eigenvalue weighted by Gasteiger charge is -2.40. The van der Waals surface area contributed by atoms with Crippen LogP contribution in [-0.4, -0.2) is 37.2 Å². The molecule has 3 aliphatic rings. The summed E-state index contributed by atoms with van der Waals surface area (Å²) in [5, 5.41) is 0. The van der Waals surface area contributed by atoms with Crippen molar-refractivity contribution in [2.45, 2.75) is 65.0 Å². The molecule has 0 unspecified atom stereocenters. The monoisotopic (exact) mass is 414 g/mol. The minimum Gasteiger partial charge on any atom is -0.493 e. The highest BCUT2D eigenvalue weighted by molar-refractivity contribution is 5.93. The molecule has 6 heteroatoms. The van der Waals surface area contributed by atoms with Crippen LogP contribution in [0.5, 0.6) is 11.5 Å². The Labute approximate surface area is 179 Å². The normalized spacial score (nSPS) is 26.1. The van der Waals surface area contributed by atoms with E-state index in [1.807, 2.05) is 23.1 Å². The van der Waals surface area contributed by atoms with E-state index >= 15 is 0 Å². The third kappa shape index (κ3) is 3.89. The van der Waals surface area contributed by atoms with Crippen molar-refractivity contribution in [1.82, 2.24) is 10.4 Å². The number of hydroxylamine groups is 1. The Bertz CT molecular complexity index is 847. The van der Waals surface area contributed by atoms with Gasteiger partial charge in [-0.15, -0.1) is 0 Å². The van der Waals surface area contributed by atoms with E-state index in [0.717, 1.165) is 43.4 Å². The smallest absolute Gasteiger partial charge is 0.272 e. The standard InChI is InChI=1S/C24H34N2O4/c1-23(2,3)18-6-9-24(10-7-18)14-19(25-30-24)22(27)26-11-8-16-12-20(28-4)21(29-5)13-17(16)15-26/h12-14,18,25H,6-11,15H2,1-5H3. The third-order valence-corrected chi connectivity index (χ3v) is 7.06. The van der Waals surface area contributed by atoms with Crippen LogP contribution in [0.15, 0.2) is 23.9 Å². The molecule has 0 aromatic heterocycles. The number of nitrogens with one attached hydrogen (secondary N) is 1. The predicted molar refractivity (Wildman–Crippen MR) is 115 cm³/mol. The van der Waals surface area contributed by atoms with Crippen LogP contribution in [0.25, 0.3) is 0 Å². The van der Waals surface area contributed by atoms with Gasteiger partial charge < -0.3 is 14.4 Å². The Morgan fingerprint density at radius 3 is 2.37 bits per heavy atom. The Hall–Kier alpha value is -2.21. The number of hydrogen-bond donors (Lipinski definition) is 1. The maximum absolute atomic E-state index is 13.2. The van der Waals surface area contributed by atoms with Crippen molar-refractivity contribution in [3.8, 4) is 11.5 Å². The first-order valence-corrected chi connectivity index (χ1v) is 10.9. The Morgan fingerprint density at radius 2 is 1.77 bits per heavy atom. The van der Waals surface area contributed by atoms with Crippen LogP contribution >= 0.6 is 0 Å². The topological polar surface area (TPSA) is 60.0 Å². The molecule has 1 aliphatic carbocycles. The summed E-state index contributed by atoms with van der Waals surface area (Å²) in [4.78, 5) is 21.1. The van der Waals surface area contributed by atoms with Crippen molar-refractivity contribution < 1.29 is 19.1 Å². The third-order valence-electron chi connectivity index (χ3n) is 7.06. The van der Waals surface area contributed by atoms with E-state index in [9.17, 15) is 4.79 Å². The molecule has 1 aromatic carbocycles. The van der Waals surface area contributed by atoms with Gasteiger partial charge >= 0.3 is 0 Å². The average Bonchev–Trinajstić information content (AvgIpc) is 3.14. The minimum atomic E-state index is -0.336. The molecule has 0 bridgehead atoms. The zero-order valence-electron chi connectivity index (χ0n) is 18.8. The van der Waals surface area contributed by atoms with Crippen LogP contribution in [0.4, 0.5) is 0 Å². The van der Waals surface area contributed by atoms with E-state index in [-0.39, 0.29) is 11.5 Å². The van der Waals surface area contributed by atoms with E-state index in [4.69, 9.17) is 14.3 Å². The molecule has 2 aliphatic heterocycles. The summed E-state index contributed by atoms with van der Waals surface area (Å²) < 4.78 is 10.8. The molecule has 164 valence electrons. The highest BCUT2D eigenvalue weighted by atomic mass is 16.7. The summed E-state index contributed by atoms with van der Waals surface area (Å²) in [5.74, 6) is 2.13. The summed E-state index contributed by atoms with van der Waals surface area (Å²) in [6.07, 6.45) is 7.01. The SMILES string of the molecule is COc1cc2c(cc1OC)CN(C(=O)C1=CC3(CCC(C(C)(C)C)CC3)ON1)CC2. The van der Waals surface area contributed by atoms with E-state index in [2.05, 4.69) is 26.3 Å². The van der Waals surface area contributed by atoms with E-state index in [1.165, 1.54) is 5.56 Å². The molecule has 1 amide bonds. The number of hydrogen-bond acceptors (Lipinski definition) is 5. The largest absolute Gasteiger partial charge is 0.493 e. The van der Waals surface area contributed by atoms with Crippen molar-refractivity contribution in [1.29, 1.82) is 0 Å². The van der Waals surface area contributed by atoms with Crippen molar-refractivity contribution in [3.63, 3.8) is 0 Å². The minimum absolute atomic E-state index is 0.00487. The van der Waals surface area contributed by atoms with Gasteiger partial charge in [0.15, 0.2) is 11.5 Å². The van der Waals surface area contributed by atoms with Gasteiger partial charge in [0, 0.05) is 13.1 Å². The molecular weight excluding hydrogens is 380 g/mol. The number of benzene rings is 1. The molecule has 1 saturated carbocycles. The van der Waals surface area contributed by atoms with Crippen molar-refractivity contribution in [2.75, 3.05) is 20.8 Å². The van der Waals surface area contributed by atoms with Gasteiger partial charge in [-0.2, -0.15) is 0 Å². The molecule has 1 spiro atoms. The number of amides is 1. The van der Waals surface area contributed by atoms with Gasteiger partial charge in [0.1, 0.15) is 11.3 Å². The number of rotatable bonds is 3. The van der Waals surface area contributed by atoms with Crippen LogP contribution < -0.4 is 15.0 Å². The molecule has 6 nitrogen and oxygen atoms in total. The van der Waals surface area contributed by atoms with Crippen molar-refractivity contribution in [2.24, 2.45) is 11.3 Å². The predicted octanol–water partition coefficient (Wildman–Crippen LogP) is 3.98. The molecule has 1 fully saturated rings. The van der Waals surface area contributed by atoms with E-state index in [1.54, 1.807) is 14.2 Å². The van der Waals surface area contributed by atoms with Crippen LogP contribution in [0.2, 0.25) is 0 Å². The Kier molecular flexibility index (Phi) is 5.47. The Balaban J connectivity index is 1.45. The van der Waals surface area contributed by atoms with Gasteiger partial charge in [-0.3, -0.25) is 15.1 Å². The molecule has 0 saturated heterocycles. The van der Waals surface area contributed by atoms with Gasteiger partial charge in [-0.1, -0.05) is 20.8 Å². The van der Waals surface area contributed by atoms with Crippen molar-refractivity contribution >= 4 is 5.91 Å². The highest BCUT2D eigenvalue weighted by Gasteiger charge is 2.43. The maximum atomic E-state index is 13.2. The van der Waals surface area contributed by atoms with Gasteiger partial charge in [-0.25, -0.2) is 0 Å². The fourth-order valence-corrected chi connectivity index (χ4v) is 5.03. The zero-order valence-corrected chi connectivity index (χ0v) is 18.8. The second-order valence-corrected chi connectivity index (χ2v) is 9.92. The first-order chi connectivity index (χ1) is 14.2. The number of fused-ring (bicyclic) bond motifs is 1. The molecule has 2 heterocycles. The van der Waals surface area contributed by atoms with Crippen LogP contribution in [-0.2, 0) is 22.6 Å². The molecule has 4 rings (SSSR count). The van der Waals surface area contributed by atoms with Crippen molar-refractivity contribution in [3.05, 3.63) is 35.0 Å². The van der Waals surface area contributed by atoms with Gasteiger partial charge in [-0.05, 0) is 72.8 Å². The number of carbonyl (C=O) groups excluding carboxylic acids is 1. The van der Waals surface area contributed by atoms with E-state index in [0.29, 0.717) is 35.9 Å². The zero-order chi connectivity index (χ0) is 21.5. The number of ether oxygens (including phenoxy) is 2. The van der Waals surface area contributed by atoms with Crippen LogP contribution in [0, 0.1) is 11.3 Å². The molecule has 30 heavy (non-hydrogen) atoms. The second kappa shape index (κ2) is 7.80. The molecule has 1 N–H and O–H groups in total. The molecule has 1 aromatic rings. The summed E-state index contributed by atoms with van der Waals surface area (Å²) in [6.45, 7) is 8.18. The fourth-order valence-electron chi connectivity index (χ4n) is 5.03. The summed E-state index contributed by atoms with van der Waals surface area (Å²) >= 11 is 0. The second-order valence-electron chi connectivity index (χ2n) is 9.92. The average molecular weight is 415 g/mol. The molecule has 0 radical (unpaired) electrons.